The Morgan fingerprint density at radius 3 is 2.30 bits per heavy atom. The van der Waals surface area contributed by atoms with E-state index in [-0.39, 0.29) is 17.6 Å². The molecule has 0 aliphatic carbocycles. The van der Waals surface area contributed by atoms with Crippen molar-refractivity contribution < 1.29 is 4.74 Å². The minimum absolute atomic E-state index is 0.00802. The molecule has 2 nitrogen and oxygen atoms in total. The molecule has 0 saturated heterocycles. The number of benzene rings is 2. The molecule has 0 radical (unpaired) electrons. The van der Waals surface area contributed by atoms with E-state index in [0.717, 1.165) is 5.56 Å². The van der Waals surface area contributed by atoms with Crippen LogP contribution >= 0.6 is 0 Å². The van der Waals surface area contributed by atoms with Crippen LogP contribution in [0.1, 0.15) is 39.3 Å². The van der Waals surface area contributed by atoms with Crippen LogP contribution in [-0.2, 0) is 4.74 Å². The summed E-state index contributed by atoms with van der Waals surface area (Å²) in [5.74, 6) is 0. The van der Waals surface area contributed by atoms with Gasteiger partial charge in [-0.2, -0.15) is 0 Å². The van der Waals surface area contributed by atoms with E-state index in [0.29, 0.717) is 6.61 Å². The van der Waals surface area contributed by atoms with E-state index in [2.05, 4.69) is 63.2 Å². The number of rotatable bonds is 4. The van der Waals surface area contributed by atoms with E-state index in [1.807, 2.05) is 6.92 Å². The third kappa shape index (κ3) is 3.20. The molecule has 0 spiro atoms. The molecule has 2 heteroatoms. The summed E-state index contributed by atoms with van der Waals surface area (Å²) in [6, 6.07) is 14.7. The molecule has 0 fully saturated rings. The Kier molecular flexibility index (Phi) is 4.46. The van der Waals surface area contributed by atoms with Crippen LogP contribution in [0, 0.1) is 5.41 Å². The number of hydrogen-bond donors (Lipinski definition) is 1. The van der Waals surface area contributed by atoms with Crippen molar-refractivity contribution in [3.05, 3.63) is 48.0 Å². The Balaban J connectivity index is 2.35. The smallest absolute Gasteiger partial charge is 0.0815 e. The molecule has 2 aromatic carbocycles. The average Bonchev–Trinajstić information content (AvgIpc) is 2.42. The van der Waals surface area contributed by atoms with E-state index in [9.17, 15) is 0 Å². The number of hydrogen-bond acceptors (Lipinski definition) is 2. The zero-order valence-corrected chi connectivity index (χ0v) is 12.9. The van der Waals surface area contributed by atoms with Crippen LogP contribution in [-0.4, -0.2) is 12.7 Å². The molecular formula is C18H25NO. The van der Waals surface area contributed by atoms with Gasteiger partial charge in [0, 0.05) is 6.61 Å². The third-order valence-electron chi connectivity index (χ3n) is 3.68. The molecule has 2 unspecified atom stereocenters. The Morgan fingerprint density at radius 1 is 1.05 bits per heavy atom. The van der Waals surface area contributed by atoms with E-state index >= 15 is 0 Å². The van der Waals surface area contributed by atoms with Crippen molar-refractivity contribution in [1.29, 1.82) is 0 Å². The number of nitrogens with two attached hydrogens (primary N) is 1. The predicted molar refractivity (Wildman–Crippen MR) is 85.7 cm³/mol. The van der Waals surface area contributed by atoms with Gasteiger partial charge >= 0.3 is 0 Å². The molecule has 0 saturated carbocycles. The minimum atomic E-state index is -0.112. The van der Waals surface area contributed by atoms with Gasteiger partial charge in [-0.1, -0.05) is 57.2 Å². The summed E-state index contributed by atoms with van der Waals surface area (Å²) in [5.41, 5.74) is 7.63. The van der Waals surface area contributed by atoms with Gasteiger partial charge < -0.3 is 10.5 Å². The average molecular weight is 271 g/mol. The van der Waals surface area contributed by atoms with Gasteiger partial charge in [-0.25, -0.2) is 0 Å². The van der Waals surface area contributed by atoms with Gasteiger partial charge in [0.25, 0.3) is 0 Å². The lowest BCUT2D eigenvalue weighted by atomic mass is 9.82. The molecule has 0 aliphatic rings. The Hall–Kier alpha value is -1.38. The van der Waals surface area contributed by atoms with Gasteiger partial charge in [0.05, 0.1) is 12.1 Å². The molecular weight excluding hydrogens is 246 g/mol. The predicted octanol–water partition coefficient (Wildman–Crippen LogP) is 4.29. The highest BCUT2D eigenvalue weighted by Gasteiger charge is 2.31. The highest BCUT2D eigenvalue weighted by Crippen LogP contribution is 2.32. The fourth-order valence-electron chi connectivity index (χ4n) is 2.66. The zero-order valence-electron chi connectivity index (χ0n) is 12.9. The summed E-state index contributed by atoms with van der Waals surface area (Å²) in [5, 5.41) is 2.47. The van der Waals surface area contributed by atoms with Gasteiger partial charge in [0.1, 0.15) is 0 Å². The fraction of sp³-hybridized carbons (Fsp3) is 0.444. The van der Waals surface area contributed by atoms with Gasteiger partial charge in [0.2, 0.25) is 0 Å². The van der Waals surface area contributed by atoms with Crippen LogP contribution in [0.3, 0.4) is 0 Å². The van der Waals surface area contributed by atoms with Crippen molar-refractivity contribution in [3.8, 4) is 0 Å². The van der Waals surface area contributed by atoms with E-state index < -0.39 is 0 Å². The van der Waals surface area contributed by atoms with Gasteiger partial charge in [-0.15, -0.1) is 0 Å². The number of fused-ring (bicyclic) bond motifs is 1. The van der Waals surface area contributed by atoms with Crippen LogP contribution in [0.15, 0.2) is 42.5 Å². The summed E-state index contributed by atoms with van der Waals surface area (Å²) in [6.07, 6.45) is 0.00802. The molecule has 2 aromatic rings. The minimum Gasteiger partial charge on any atom is -0.376 e. The molecule has 2 N–H and O–H groups in total. The van der Waals surface area contributed by atoms with Crippen molar-refractivity contribution in [1.82, 2.24) is 0 Å². The molecule has 0 amide bonds. The maximum atomic E-state index is 6.48. The van der Waals surface area contributed by atoms with Crippen molar-refractivity contribution >= 4 is 10.8 Å². The van der Waals surface area contributed by atoms with Gasteiger partial charge in [-0.3, -0.25) is 0 Å². The lowest BCUT2D eigenvalue weighted by molar-refractivity contribution is -0.0282. The van der Waals surface area contributed by atoms with Crippen molar-refractivity contribution in [2.24, 2.45) is 11.1 Å². The third-order valence-corrected chi connectivity index (χ3v) is 3.68. The van der Waals surface area contributed by atoms with E-state index in [1.54, 1.807) is 0 Å². The summed E-state index contributed by atoms with van der Waals surface area (Å²) in [4.78, 5) is 0. The first-order valence-electron chi connectivity index (χ1n) is 7.29. The van der Waals surface area contributed by atoms with Crippen LogP contribution in [0.4, 0.5) is 0 Å². The van der Waals surface area contributed by atoms with E-state index in [1.165, 1.54) is 10.8 Å². The summed E-state index contributed by atoms with van der Waals surface area (Å²) in [6.45, 7) is 9.23. The van der Waals surface area contributed by atoms with Crippen LogP contribution in [0.2, 0.25) is 0 Å². The van der Waals surface area contributed by atoms with Gasteiger partial charge in [-0.05, 0) is 34.7 Å². The maximum Gasteiger partial charge on any atom is 0.0815 e. The molecule has 108 valence electrons. The second-order valence-corrected chi connectivity index (χ2v) is 6.37. The van der Waals surface area contributed by atoms with E-state index in [4.69, 9.17) is 10.5 Å². The summed E-state index contributed by atoms with van der Waals surface area (Å²) >= 11 is 0. The lowest BCUT2D eigenvalue weighted by Gasteiger charge is -2.35. The Bertz CT molecular complexity index is 571. The topological polar surface area (TPSA) is 35.2 Å². The zero-order chi connectivity index (χ0) is 14.8. The molecule has 0 bridgehead atoms. The van der Waals surface area contributed by atoms with Crippen LogP contribution < -0.4 is 5.73 Å². The molecule has 0 heterocycles. The summed E-state index contributed by atoms with van der Waals surface area (Å²) < 4.78 is 5.91. The van der Waals surface area contributed by atoms with Crippen molar-refractivity contribution in [2.75, 3.05) is 6.61 Å². The van der Waals surface area contributed by atoms with Crippen molar-refractivity contribution in [3.63, 3.8) is 0 Å². The maximum absolute atomic E-state index is 6.48. The summed E-state index contributed by atoms with van der Waals surface area (Å²) in [7, 11) is 0. The molecule has 20 heavy (non-hydrogen) atoms. The second kappa shape index (κ2) is 5.94. The highest BCUT2D eigenvalue weighted by atomic mass is 16.5. The molecule has 0 aromatic heterocycles. The van der Waals surface area contributed by atoms with Crippen LogP contribution in [0.25, 0.3) is 10.8 Å². The molecule has 0 aliphatic heterocycles. The quantitative estimate of drug-likeness (QED) is 0.900. The largest absolute Gasteiger partial charge is 0.376 e. The normalized spacial score (nSPS) is 15.2. The second-order valence-electron chi connectivity index (χ2n) is 6.37. The first-order chi connectivity index (χ1) is 9.43. The Labute approximate surface area is 121 Å². The first kappa shape index (κ1) is 15.0. The fourth-order valence-corrected chi connectivity index (χ4v) is 2.66. The molecule has 2 atom stereocenters. The SMILES string of the molecule is CCOC(C(N)c1ccc2ccccc2c1)C(C)(C)C. The highest BCUT2D eigenvalue weighted by molar-refractivity contribution is 5.83. The molecule has 2 rings (SSSR count). The Morgan fingerprint density at radius 2 is 1.70 bits per heavy atom. The van der Waals surface area contributed by atoms with Crippen molar-refractivity contribution in [2.45, 2.75) is 39.8 Å². The monoisotopic (exact) mass is 271 g/mol. The van der Waals surface area contributed by atoms with Gasteiger partial charge in [0.15, 0.2) is 0 Å². The van der Waals surface area contributed by atoms with Crippen LogP contribution in [0.5, 0.6) is 0 Å². The standard InChI is InChI=1S/C18H25NO/c1-5-20-17(18(2,3)4)16(19)15-11-10-13-8-6-7-9-14(13)12-15/h6-12,16-17H,5,19H2,1-4H3. The first-order valence-corrected chi connectivity index (χ1v) is 7.29. The lowest BCUT2D eigenvalue weighted by Crippen LogP contribution is -2.39. The number of ether oxygens (including phenoxy) is 1.